The molecule has 1 aromatic rings. The van der Waals surface area contributed by atoms with Gasteiger partial charge in [-0.25, -0.2) is 0 Å². The van der Waals surface area contributed by atoms with Crippen molar-refractivity contribution < 1.29 is 14.3 Å². The number of nitrogens with two attached hydrogens (primary N) is 1. The SMILES string of the molecule is CC(=O)CCCOc1nc(Cl)c(Cl)cc1C(N)=O. The predicted octanol–water partition coefficient (Wildman–Crippen LogP) is 2.24. The van der Waals surface area contributed by atoms with Crippen molar-refractivity contribution in [2.75, 3.05) is 6.61 Å². The largest absolute Gasteiger partial charge is 0.477 e. The second kappa shape index (κ2) is 6.56. The Labute approximate surface area is 114 Å². The second-order valence-corrected chi connectivity index (χ2v) is 4.40. The van der Waals surface area contributed by atoms with E-state index in [-0.39, 0.29) is 34.0 Å². The van der Waals surface area contributed by atoms with Crippen molar-refractivity contribution in [3.8, 4) is 5.88 Å². The molecule has 0 radical (unpaired) electrons. The van der Waals surface area contributed by atoms with Crippen LogP contribution in [0, 0.1) is 0 Å². The van der Waals surface area contributed by atoms with E-state index in [0.29, 0.717) is 12.8 Å². The molecule has 0 aromatic carbocycles. The number of hydrogen-bond donors (Lipinski definition) is 1. The van der Waals surface area contributed by atoms with Gasteiger partial charge in [0.15, 0.2) is 5.15 Å². The third-order valence-corrected chi connectivity index (χ3v) is 2.75. The summed E-state index contributed by atoms with van der Waals surface area (Å²) in [6, 6.07) is 1.31. The minimum Gasteiger partial charge on any atom is -0.477 e. The first-order valence-electron chi connectivity index (χ1n) is 5.20. The number of Topliss-reactive ketones (excluding diaryl/α,β-unsaturated/α-hetero) is 1. The molecule has 0 unspecified atom stereocenters. The lowest BCUT2D eigenvalue weighted by Crippen LogP contribution is -2.15. The van der Waals surface area contributed by atoms with E-state index < -0.39 is 5.91 Å². The Kier molecular flexibility index (Phi) is 5.37. The highest BCUT2D eigenvalue weighted by Crippen LogP contribution is 2.26. The molecule has 5 nitrogen and oxygen atoms in total. The molecule has 1 aromatic heterocycles. The topological polar surface area (TPSA) is 82.3 Å². The standard InChI is InChI=1S/C11H12Cl2N2O3/c1-6(16)3-2-4-18-11-7(10(14)17)5-8(12)9(13)15-11/h5H,2-4H2,1H3,(H2,14,17). The van der Waals surface area contributed by atoms with Crippen LogP contribution in [0.3, 0.4) is 0 Å². The van der Waals surface area contributed by atoms with Gasteiger partial charge in [-0.15, -0.1) is 0 Å². The number of pyridine rings is 1. The van der Waals surface area contributed by atoms with Gasteiger partial charge < -0.3 is 15.3 Å². The van der Waals surface area contributed by atoms with Crippen LogP contribution in [-0.2, 0) is 4.79 Å². The lowest BCUT2D eigenvalue weighted by molar-refractivity contribution is -0.117. The molecule has 0 saturated carbocycles. The molecule has 7 heteroatoms. The first-order chi connectivity index (χ1) is 8.41. The van der Waals surface area contributed by atoms with Crippen LogP contribution < -0.4 is 10.5 Å². The van der Waals surface area contributed by atoms with Crippen molar-refractivity contribution in [1.29, 1.82) is 0 Å². The van der Waals surface area contributed by atoms with E-state index in [4.69, 9.17) is 33.7 Å². The molecule has 18 heavy (non-hydrogen) atoms. The summed E-state index contributed by atoms with van der Waals surface area (Å²) in [6.45, 7) is 1.73. The summed E-state index contributed by atoms with van der Waals surface area (Å²) < 4.78 is 5.28. The van der Waals surface area contributed by atoms with Gasteiger partial charge >= 0.3 is 0 Å². The molecule has 0 aliphatic heterocycles. The first kappa shape index (κ1) is 14.7. The number of carbonyl (C=O) groups excluding carboxylic acids is 2. The molecule has 0 spiro atoms. The number of primary amides is 1. The third-order valence-electron chi connectivity index (χ3n) is 2.08. The van der Waals surface area contributed by atoms with Gasteiger partial charge in [-0.2, -0.15) is 4.98 Å². The summed E-state index contributed by atoms with van der Waals surface area (Å²) >= 11 is 11.5. The number of rotatable bonds is 6. The molecular weight excluding hydrogens is 279 g/mol. The highest BCUT2D eigenvalue weighted by Gasteiger charge is 2.15. The van der Waals surface area contributed by atoms with Gasteiger partial charge in [0.1, 0.15) is 11.3 Å². The molecule has 0 bridgehead atoms. The van der Waals surface area contributed by atoms with Gasteiger partial charge in [0, 0.05) is 6.42 Å². The summed E-state index contributed by atoms with van der Waals surface area (Å²) in [4.78, 5) is 25.8. The summed E-state index contributed by atoms with van der Waals surface area (Å²) in [5, 5.41) is 0.157. The highest BCUT2D eigenvalue weighted by molar-refractivity contribution is 6.41. The summed E-state index contributed by atoms with van der Waals surface area (Å²) in [5.41, 5.74) is 5.23. The molecule has 2 N–H and O–H groups in total. The van der Waals surface area contributed by atoms with Gasteiger partial charge in [-0.05, 0) is 19.4 Å². The zero-order valence-corrected chi connectivity index (χ0v) is 11.2. The van der Waals surface area contributed by atoms with Crippen LogP contribution in [-0.4, -0.2) is 23.3 Å². The fourth-order valence-electron chi connectivity index (χ4n) is 1.23. The zero-order chi connectivity index (χ0) is 13.7. The van der Waals surface area contributed by atoms with E-state index in [1.54, 1.807) is 0 Å². The number of aromatic nitrogens is 1. The van der Waals surface area contributed by atoms with Gasteiger partial charge in [-0.3, -0.25) is 4.79 Å². The Morgan fingerprint density at radius 2 is 2.11 bits per heavy atom. The molecule has 0 aliphatic rings. The number of ether oxygens (including phenoxy) is 1. The van der Waals surface area contributed by atoms with Crippen LogP contribution in [0.15, 0.2) is 6.07 Å². The van der Waals surface area contributed by atoms with E-state index in [9.17, 15) is 9.59 Å². The lowest BCUT2D eigenvalue weighted by atomic mass is 10.2. The van der Waals surface area contributed by atoms with Crippen molar-refractivity contribution in [2.24, 2.45) is 5.73 Å². The maximum atomic E-state index is 11.2. The monoisotopic (exact) mass is 290 g/mol. The number of nitrogens with zero attached hydrogens (tertiary/aromatic N) is 1. The number of hydrogen-bond acceptors (Lipinski definition) is 4. The van der Waals surface area contributed by atoms with Gasteiger partial charge in [-0.1, -0.05) is 23.2 Å². The molecular formula is C11H12Cl2N2O3. The van der Waals surface area contributed by atoms with Gasteiger partial charge in [0.2, 0.25) is 5.88 Å². The Morgan fingerprint density at radius 1 is 1.44 bits per heavy atom. The number of amides is 1. The first-order valence-corrected chi connectivity index (χ1v) is 5.95. The van der Waals surface area contributed by atoms with Crippen molar-refractivity contribution in [3.63, 3.8) is 0 Å². The van der Waals surface area contributed by atoms with E-state index in [0.717, 1.165) is 0 Å². The van der Waals surface area contributed by atoms with Crippen LogP contribution in [0.2, 0.25) is 10.2 Å². The molecule has 1 amide bonds. The Morgan fingerprint density at radius 3 is 2.67 bits per heavy atom. The smallest absolute Gasteiger partial charge is 0.254 e. The molecule has 0 fully saturated rings. The fraction of sp³-hybridized carbons (Fsp3) is 0.364. The minimum absolute atomic E-state index is 0.0282. The quantitative estimate of drug-likeness (QED) is 0.643. The Bertz CT molecular complexity index is 478. The summed E-state index contributed by atoms with van der Waals surface area (Å²) in [6.07, 6.45) is 0.919. The molecule has 1 rings (SSSR count). The van der Waals surface area contributed by atoms with E-state index in [1.165, 1.54) is 13.0 Å². The van der Waals surface area contributed by atoms with E-state index in [2.05, 4.69) is 4.98 Å². The normalized spacial score (nSPS) is 10.2. The van der Waals surface area contributed by atoms with Gasteiger partial charge in [0.25, 0.3) is 5.91 Å². The zero-order valence-electron chi connectivity index (χ0n) is 9.70. The third kappa shape index (κ3) is 4.16. The molecule has 1 heterocycles. The average molecular weight is 291 g/mol. The lowest BCUT2D eigenvalue weighted by Gasteiger charge is -2.09. The van der Waals surface area contributed by atoms with Crippen LogP contribution in [0.4, 0.5) is 0 Å². The van der Waals surface area contributed by atoms with Crippen LogP contribution >= 0.6 is 23.2 Å². The number of halogens is 2. The fourth-order valence-corrected chi connectivity index (χ4v) is 1.51. The van der Waals surface area contributed by atoms with E-state index >= 15 is 0 Å². The van der Waals surface area contributed by atoms with Crippen LogP contribution in [0.1, 0.15) is 30.1 Å². The van der Waals surface area contributed by atoms with Crippen molar-refractivity contribution >= 4 is 34.9 Å². The van der Waals surface area contributed by atoms with Crippen LogP contribution in [0.25, 0.3) is 0 Å². The Hall–Kier alpha value is -1.33. The average Bonchev–Trinajstić information content (AvgIpc) is 2.28. The van der Waals surface area contributed by atoms with Crippen molar-refractivity contribution in [1.82, 2.24) is 4.98 Å². The number of carbonyl (C=O) groups is 2. The second-order valence-electron chi connectivity index (χ2n) is 3.63. The van der Waals surface area contributed by atoms with E-state index in [1.807, 2.05) is 0 Å². The maximum absolute atomic E-state index is 11.2. The Balaban J connectivity index is 2.77. The van der Waals surface area contributed by atoms with Crippen LogP contribution in [0.5, 0.6) is 5.88 Å². The summed E-state index contributed by atoms with van der Waals surface area (Å²) in [7, 11) is 0. The highest BCUT2D eigenvalue weighted by atomic mass is 35.5. The number of ketones is 1. The molecule has 0 aliphatic carbocycles. The van der Waals surface area contributed by atoms with Crippen molar-refractivity contribution in [2.45, 2.75) is 19.8 Å². The predicted molar refractivity (Wildman–Crippen MR) is 68.2 cm³/mol. The maximum Gasteiger partial charge on any atom is 0.254 e. The molecule has 0 saturated heterocycles. The molecule has 98 valence electrons. The van der Waals surface area contributed by atoms with Crippen molar-refractivity contribution in [3.05, 3.63) is 21.8 Å². The molecule has 0 atom stereocenters. The summed E-state index contributed by atoms with van der Waals surface area (Å²) in [5.74, 6) is -0.612. The minimum atomic E-state index is -0.706. The van der Waals surface area contributed by atoms with Gasteiger partial charge in [0.05, 0.1) is 11.6 Å².